The van der Waals surface area contributed by atoms with Gasteiger partial charge in [0.1, 0.15) is 0 Å². The number of ether oxygens (including phenoxy) is 2. The minimum atomic E-state index is -0.448. The molecule has 0 aliphatic carbocycles. The van der Waals surface area contributed by atoms with E-state index in [2.05, 4.69) is 4.98 Å². The Morgan fingerprint density at radius 2 is 1.84 bits per heavy atom. The zero-order valence-corrected chi connectivity index (χ0v) is 15.0. The molecule has 2 fully saturated rings. The van der Waals surface area contributed by atoms with Gasteiger partial charge in [-0.1, -0.05) is 11.8 Å². The predicted octanol–water partition coefficient (Wildman–Crippen LogP) is 2.57. The Bertz CT molecular complexity index is 743. The van der Waals surface area contributed by atoms with E-state index < -0.39 is 5.79 Å². The third-order valence-corrected chi connectivity index (χ3v) is 5.48. The summed E-state index contributed by atoms with van der Waals surface area (Å²) in [5.74, 6) is -0.383. The van der Waals surface area contributed by atoms with Gasteiger partial charge in [0.2, 0.25) is 0 Å². The van der Waals surface area contributed by atoms with Crippen LogP contribution in [0, 0.1) is 0 Å². The molecule has 0 radical (unpaired) electrons. The van der Waals surface area contributed by atoms with Gasteiger partial charge in [-0.05, 0) is 30.5 Å². The number of rotatable bonds is 3. The molecule has 2 aliphatic rings. The van der Waals surface area contributed by atoms with E-state index in [0.29, 0.717) is 31.9 Å². The van der Waals surface area contributed by atoms with Gasteiger partial charge in [-0.25, -0.2) is 4.98 Å². The fourth-order valence-corrected chi connectivity index (χ4v) is 3.95. The molecule has 2 saturated heterocycles. The number of imidazole rings is 1. The minimum Gasteiger partial charge on any atom is -0.347 e. The second-order valence-corrected chi connectivity index (χ2v) is 7.00. The Hall–Kier alpha value is -1.83. The number of hydrogen-bond donors (Lipinski definition) is 0. The summed E-state index contributed by atoms with van der Waals surface area (Å²) < 4.78 is 13.5. The molecule has 6 nitrogen and oxygen atoms in total. The standard InChI is InChI=1S/C18H21N3O3S/c1-25-17-19-8-11-21(17)15-4-2-14(3-5-15)16(22)20-9-6-18(7-10-20)23-12-13-24-18/h2-5,8,11H,6-7,9-10,12-13H2,1H3. The summed E-state index contributed by atoms with van der Waals surface area (Å²) in [7, 11) is 0. The fourth-order valence-electron chi connectivity index (χ4n) is 3.42. The number of amides is 1. The first kappa shape index (κ1) is 16.6. The number of aromatic nitrogens is 2. The fraction of sp³-hybridized carbons (Fsp3) is 0.444. The van der Waals surface area contributed by atoms with Crippen LogP contribution < -0.4 is 0 Å². The summed E-state index contributed by atoms with van der Waals surface area (Å²) in [6.45, 7) is 2.64. The Kier molecular flexibility index (Phi) is 4.54. The molecule has 1 amide bonds. The molecule has 0 saturated carbocycles. The highest BCUT2D eigenvalue weighted by Gasteiger charge is 2.40. The van der Waals surface area contributed by atoms with Gasteiger partial charge < -0.3 is 14.4 Å². The van der Waals surface area contributed by atoms with Crippen LogP contribution in [-0.2, 0) is 9.47 Å². The quantitative estimate of drug-likeness (QED) is 0.789. The SMILES string of the molecule is CSc1nccn1-c1ccc(C(=O)N2CCC3(CC2)OCCO3)cc1. The molecule has 7 heteroatoms. The highest BCUT2D eigenvalue weighted by atomic mass is 32.2. The molecular formula is C18H21N3O3S. The van der Waals surface area contributed by atoms with Gasteiger partial charge in [-0.15, -0.1) is 0 Å². The molecule has 1 aromatic heterocycles. The Labute approximate surface area is 151 Å². The zero-order valence-electron chi connectivity index (χ0n) is 14.2. The Morgan fingerprint density at radius 3 is 2.48 bits per heavy atom. The molecule has 0 unspecified atom stereocenters. The molecule has 0 bridgehead atoms. The molecule has 2 aliphatic heterocycles. The molecule has 25 heavy (non-hydrogen) atoms. The third-order valence-electron chi connectivity index (χ3n) is 4.81. The summed E-state index contributed by atoms with van der Waals surface area (Å²) in [5.41, 5.74) is 1.71. The Balaban J connectivity index is 1.44. The van der Waals surface area contributed by atoms with E-state index in [0.717, 1.165) is 23.7 Å². The summed E-state index contributed by atoms with van der Waals surface area (Å²) in [5, 5.41) is 0.928. The van der Waals surface area contributed by atoms with Crippen LogP contribution in [0.3, 0.4) is 0 Å². The van der Waals surface area contributed by atoms with Gasteiger partial charge >= 0.3 is 0 Å². The zero-order chi connectivity index (χ0) is 17.3. The molecule has 1 aromatic carbocycles. The summed E-state index contributed by atoms with van der Waals surface area (Å²) >= 11 is 1.59. The topological polar surface area (TPSA) is 56.6 Å². The van der Waals surface area contributed by atoms with E-state index in [-0.39, 0.29) is 5.91 Å². The number of carbonyl (C=O) groups excluding carboxylic acids is 1. The molecular weight excluding hydrogens is 338 g/mol. The van der Waals surface area contributed by atoms with Crippen LogP contribution in [0.4, 0.5) is 0 Å². The number of piperidine rings is 1. The van der Waals surface area contributed by atoms with Crippen molar-refractivity contribution in [3.05, 3.63) is 42.2 Å². The maximum atomic E-state index is 12.7. The smallest absolute Gasteiger partial charge is 0.253 e. The second kappa shape index (κ2) is 6.82. The minimum absolute atomic E-state index is 0.0649. The van der Waals surface area contributed by atoms with E-state index in [1.807, 2.05) is 46.2 Å². The normalized spacial score (nSPS) is 19.5. The molecule has 4 rings (SSSR count). The van der Waals surface area contributed by atoms with Crippen LogP contribution >= 0.6 is 11.8 Å². The van der Waals surface area contributed by atoms with Crippen LogP contribution in [-0.4, -0.2) is 58.7 Å². The molecule has 3 heterocycles. The van der Waals surface area contributed by atoms with Crippen molar-refractivity contribution >= 4 is 17.7 Å². The highest BCUT2D eigenvalue weighted by Crippen LogP contribution is 2.31. The third kappa shape index (κ3) is 3.19. The van der Waals surface area contributed by atoms with Crippen LogP contribution in [0.5, 0.6) is 0 Å². The van der Waals surface area contributed by atoms with Gasteiger partial charge in [0, 0.05) is 49.6 Å². The maximum absolute atomic E-state index is 12.7. The van der Waals surface area contributed by atoms with Gasteiger partial charge in [-0.3, -0.25) is 9.36 Å². The van der Waals surface area contributed by atoms with Crippen molar-refractivity contribution in [1.82, 2.24) is 14.5 Å². The van der Waals surface area contributed by atoms with Gasteiger partial charge in [0.05, 0.1) is 13.2 Å². The number of likely N-dealkylation sites (tertiary alicyclic amines) is 1. The lowest BCUT2D eigenvalue weighted by Gasteiger charge is -2.37. The first-order chi connectivity index (χ1) is 12.2. The number of thioether (sulfide) groups is 1. The van der Waals surface area contributed by atoms with Crippen molar-refractivity contribution in [2.75, 3.05) is 32.6 Å². The van der Waals surface area contributed by atoms with E-state index in [4.69, 9.17) is 9.47 Å². The van der Waals surface area contributed by atoms with Crippen molar-refractivity contribution in [2.24, 2.45) is 0 Å². The average molecular weight is 359 g/mol. The van der Waals surface area contributed by atoms with Crippen LogP contribution in [0.15, 0.2) is 41.8 Å². The predicted molar refractivity (Wildman–Crippen MR) is 95.1 cm³/mol. The van der Waals surface area contributed by atoms with Gasteiger partial charge in [-0.2, -0.15) is 0 Å². The van der Waals surface area contributed by atoms with E-state index in [9.17, 15) is 4.79 Å². The van der Waals surface area contributed by atoms with E-state index in [1.54, 1.807) is 18.0 Å². The molecule has 0 N–H and O–H groups in total. The van der Waals surface area contributed by atoms with Crippen molar-refractivity contribution < 1.29 is 14.3 Å². The van der Waals surface area contributed by atoms with Crippen LogP contribution in [0.2, 0.25) is 0 Å². The molecule has 132 valence electrons. The molecule has 1 spiro atoms. The second-order valence-electron chi connectivity index (χ2n) is 6.23. The van der Waals surface area contributed by atoms with Crippen molar-refractivity contribution in [3.8, 4) is 5.69 Å². The highest BCUT2D eigenvalue weighted by molar-refractivity contribution is 7.98. The summed E-state index contributed by atoms with van der Waals surface area (Å²) in [6.07, 6.45) is 7.18. The maximum Gasteiger partial charge on any atom is 0.253 e. The van der Waals surface area contributed by atoms with E-state index in [1.165, 1.54) is 0 Å². The van der Waals surface area contributed by atoms with Gasteiger partial charge in [0.15, 0.2) is 10.9 Å². The summed E-state index contributed by atoms with van der Waals surface area (Å²) in [4.78, 5) is 18.9. The van der Waals surface area contributed by atoms with Crippen LogP contribution in [0.25, 0.3) is 5.69 Å². The van der Waals surface area contributed by atoms with Crippen molar-refractivity contribution in [2.45, 2.75) is 23.8 Å². The molecule has 2 aromatic rings. The first-order valence-electron chi connectivity index (χ1n) is 8.46. The largest absolute Gasteiger partial charge is 0.347 e. The lowest BCUT2D eigenvalue weighted by molar-refractivity contribution is -0.181. The lowest BCUT2D eigenvalue weighted by atomic mass is 10.0. The number of carbonyl (C=O) groups is 1. The number of hydrogen-bond acceptors (Lipinski definition) is 5. The number of nitrogens with zero attached hydrogens (tertiary/aromatic N) is 3. The summed E-state index contributed by atoms with van der Waals surface area (Å²) in [6, 6.07) is 7.69. The van der Waals surface area contributed by atoms with Crippen molar-refractivity contribution in [3.63, 3.8) is 0 Å². The van der Waals surface area contributed by atoms with Crippen LogP contribution in [0.1, 0.15) is 23.2 Å². The average Bonchev–Trinajstić information content (AvgIpc) is 3.31. The van der Waals surface area contributed by atoms with Crippen molar-refractivity contribution in [1.29, 1.82) is 0 Å². The lowest BCUT2D eigenvalue weighted by Crippen LogP contribution is -2.47. The van der Waals surface area contributed by atoms with E-state index >= 15 is 0 Å². The monoisotopic (exact) mass is 359 g/mol. The molecule has 0 atom stereocenters. The number of benzene rings is 1. The Morgan fingerprint density at radius 1 is 1.16 bits per heavy atom. The van der Waals surface area contributed by atoms with Gasteiger partial charge in [0.25, 0.3) is 5.91 Å². The first-order valence-corrected chi connectivity index (χ1v) is 9.68.